The molecule has 6 heteroatoms. The van der Waals surface area contributed by atoms with Crippen LogP contribution in [0.15, 0.2) is 47.1 Å². The van der Waals surface area contributed by atoms with Crippen LogP contribution in [0, 0.1) is 13.8 Å². The summed E-state index contributed by atoms with van der Waals surface area (Å²) in [7, 11) is 0. The highest BCUT2D eigenvalue weighted by Crippen LogP contribution is 2.22. The lowest BCUT2D eigenvalue weighted by molar-refractivity contribution is 0.102. The Balaban J connectivity index is 1.79. The molecule has 2 N–H and O–H groups in total. The Morgan fingerprint density at radius 1 is 1.15 bits per heavy atom. The SMILES string of the molecule is CCc1cccc(C)c1NC(=O)c1cc(NCc2ccco2)nc(C)n1. The van der Waals surface area contributed by atoms with Gasteiger partial charge in [0.2, 0.25) is 0 Å². The molecule has 0 saturated carbocycles. The van der Waals surface area contributed by atoms with E-state index < -0.39 is 0 Å². The highest BCUT2D eigenvalue weighted by molar-refractivity contribution is 6.04. The molecule has 3 aromatic rings. The quantitative estimate of drug-likeness (QED) is 0.699. The summed E-state index contributed by atoms with van der Waals surface area (Å²) in [4.78, 5) is 21.3. The zero-order valence-corrected chi connectivity index (χ0v) is 15.2. The Morgan fingerprint density at radius 3 is 2.73 bits per heavy atom. The maximum Gasteiger partial charge on any atom is 0.274 e. The Kier molecular flexibility index (Phi) is 5.31. The Morgan fingerprint density at radius 2 is 2.00 bits per heavy atom. The van der Waals surface area contributed by atoms with E-state index in [9.17, 15) is 4.79 Å². The van der Waals surface area contributed by atoms with Crippen LogP contribution in [0.5, 0.6) is 0 Å². The highest BCUT2D eigenvalue weighted by atomic mass is 16.3. The van der Waals surface area contributed by atoms with Crippen LogP contribution in [0.3, 0.4) is 0 Å². The fourth-order valence-corrected chi connectivity index (χ4v) is 2.74. The smallest absolute Gasteiger partial charge is 0.274 e. The monoisotopic (exact) mass is 350 g/mol. The largest absolute Gasteiger partial charge is 0.467 e. The summed E-state index contributed by atoms with van der Waals surface area (Å²) in [6, 6.07) is 11.3. The van der Waals surface area contributed by atoms with E-state index in [1.54, 1.807) is 19.3 Å². The average Bonchev–Trinajstić information content (AvgIpc) is 3.14. The zero-order chi connectivity index (χ0) is 18.5. The van der Waals surface area contributed by atoms with Crippen molar-refractivity contribution in [1.82, 2.24) is 9.97 Å². The molecule has 1 aromatic carbocycles. The van der Waals surface area contributed by atoms with Gasteiger partial charge in [0.05, 0.1) is 12.8 Å². The fraction of sp³-hybridized carbons (Fsp3) is 0.250. The van der Waals surface area contributed by atoms with Crippen LogP contribution >= 0.6 is 0 Å². The van der Waals surface area contributed by atoms with Gasteiger partial charge in [-0.1, -0.05) is 25.1 Å². The highest BCUT2D eigenvalue weighted by Gasteiger charge is 2.14. The minimum Gasteiger partial charge on any atom is -0.467 e. The molecule has 3 rings (SSSR count). The summed E-state index contributed by atoms with van der Waals surface area (Å²) in [5.74, 6) is 1.65. The van der Waals surface area contributed by atoms with Crippen LogP contribution in [0.2, 0.25) is 0 Å². The molecular weight excluding hydrogens is 328 g/mol. The number of amides is 1. The number of hydrogen-bond acceptors (Lipinski definition) is 5. The molecule has 2 aromatic heterocycles. The van der Waals surface area contributed by atoms with Crippen molar-refractivity contribution in [2.24, 2.45) is 0 Å². The van der Waals surface area contributed by atoms with E-state index in [1.807, 2.05) is 37.3 Å². The lowest BCUT2D eigenvalue weighted by atomic mass is 10.1. The third kappa shape index (κ3) is 4.08. The first kappa shape index (κ1) is 17.7. The molecule has 26 heavy (non-hydrogen) atoms. The van der Waals surface area contributed by atoms with Crippen LogP contribution in [0.1, 0.15) is 40.1 Å². The molecule has 6 nitrogen and oxygen atoms in total. The van der Waals surface area contributed by atoms with Crippen LogP contribution < -0.4 is 10.6 Å². The summed E-state index contributed by atoms with van der Waals surface area (Å²) in [5, 5.41) is 6.15. The number of nitrogens with one attached hydrogen (secondary N) is 2. The van der Waals surface area contributed by atoms with Gasteiger partial charge in [0.25, 0.3) is 5.91 Å². The van der Waals surface area contributed by atoms with E-state index in [0.717, 1.165) is 29.0 Å². The molecule has 134 valence electrons. The van der Waals surface area contributed by atoms with Crippen molar-refractivity contribution < 1.29 is 9.21 Å². The van der Waals surface area contributed by atoms with Gasteiger partial charge in [-0.3, -0.25) is 4.79 Å². The molecule has 0 fully saturated rings. The summed E-state index contributed by atoms with van der Waals surface area (Å²) in [5.41, 5.74) is 3.30. The number of aromatic nitrogens is 2. The van der Waals surface area contributed by atoms with Crippen molar-refractivity contribution in [3.63, 3.8) is 0 Å². The van der Waals surface area contributed by atoms with E-state index >= 15 is 0 Å². The van der Waals surface area contributed by atoms with Gasteiger partial charge in [-0.05, 0) is 43.5 Å². The molecule has 0 aliphatic heterocycles. The molecule has 0 aliphatic rings. The average molecular weight is 350 g/mol. The van der Waals surface area contributed by atoms with Gasteiger partial charge in [0, 0.05) is 11.8 Å². The Bertz CT molecular complexity index is 904. The third-order valence-corrected chi connectivity index (χ3v) is 4.07. The van der Waals surface area contributed by atoms with Gasteiger partial charge in [0.1, 0.15) is 23.1 Å². The molecule has 1 amide bonds. The second-order valence-corrected chi connectivity index (χ2v) is 6.04. The second-order valence-electron chi connectivity index (χ2n) is 6.04. The number of carbonyl (C=O) groups is 1. The fourth-order valence-electron chi connectivity index (χ4n) is 2.74. The van der Waals surface area contributed by atoms with Crippen molar-refractivity contribution in [2.75, 3.05) is 10.6 Å². The van der Waals surface area contributed by atoms with E-state index in [2.05, 4.69) is 27.5 Å². The van der Waals surface area contributed by atoms with Crippen molar-refractivity contribution >= 4 is 17.4 Å². The first-order valence-corrected chi connectivity index (χ1v) is 8.58. The number of anilines is 2. The molecule has 0 spiro atoms. The van der Waals surface area contributed by atoms with E-state index in [1.165, 1.54) is 0 Å². The predicted octanol–water partition coefficient (Wildman–Crippen LogP) is 4.11. The first-order valence-electron chi connectivity index (χ1n) is 8.58. The van der Waals surface area contributed by atoms with Gasteiger partial charge >= 0.3 is 0 Å². The van der Waals surface area contributed by atoms with Gasteiger partial charge in [-0.15, -0.1) is 0 Å². The summed E-state index contributed by atoms with van der Waals surface area (Å²) in [6.45, 7) is 6.30. The molecular formula is C20H22N4O2. The first-order chi connectivity index (χ1) is 12.6. The van der Waals surface area contributed by atoms with Crippen LogP contribution in [0.4, 0.5) is 11.5 Å². The van der Waals surface area contributed by atoms with Crippen molar-refractivity contribution in [3.05, 3.63) is 71.1 Å². The number of aryl methyl sites for hydroxylation is 3. The maximum atomic E-state index is 12.7. The lowest BCUT2D eigenvalue weighted by Gasteiger charge is -2.13. The molecule has 2 heterocycles. The molecule has 0 atom stereocenters. The number of benzene rings is 1. The molecule has 0 bridgehead atoms. The second kappa shape index (κ2) is 7.82. The van der Waals surface area contributed by atoms with Gasteiger partial charge in [-0.25, -0.2) is 9.97 Å². The predicted molar refractivity (Wildman–Crippen MR) is 101 cm³/mol. The summed E-state index contributed by atoms with van der Waals surface area (Å²) >= 11 is 0. The normalized spacial score (nSPS) is 10.6. The van der Waals surface area contributed by atoms with Crippen LogP contribution in [0.25, 0.3) is 0 Å². The number of hydrogen-bond donors (Lipinski definition) is 2. The number of rotatable bonds is 6. The lowest BCUT2D eigenvalue weighted by Crippen LogP contribution is -2.17. The number of para-hydroxylation sites is 1. The standard InChI is InChI=1S/C20H22N4O2/c1-4-15-8-5-7-13(2)19(15)24-20(25)17-11-18(23-14(3)22-17)21-12-16-9-6-10-26-16/h5-11H,4,12H2,1-3H3,(H,24,25)(H,21,22,23). The minimum absolute atomic E-state index is 0.249. The van der Waals surface area contributed by atoms with Gasteiger partial charge in [0.15, 0.2) is 0 Å². The van der Waals surface area contributed by atoms with Crippen molar-refractivity contribution in [3.8, 4) is 0 Å². The third-order valence-electron chi connectivity index (χ3n) is 4.07. The molecule has 0 aliphatic carbocycles. The number of furan rings is 1. The molecule has 0 radical (unpaired) electrons. The number of carbonyl (C=O) groups excluding carboxylic acids is 1. The zero-order valence-electron chi connectivity index (χ0n) is 15.2. The topological polar surface area (TPSA) is 80.0 Å². The summed E-state index contributed by atoms with van der Waals surface area (Å²) < 4.78 is 5.30. The summed E-state index contributed by atoms with van der Waals surface area (Å²) in [6.07, 6.45) is 2.46. The Labute approximate surface area is 152 Å². The Hall–Kier alpha value is -3.15. The maximum absolute atomic E-state index is 12.7. The van der Waals surface area contributed by atoms with Crippen molar-refractivity contribution in [1.29, 1.82) is 0 Å². The van der Waals surface area contributed by atoms with E-state index in [4.69, 9.17) is 4.42 Å². The number of nitrogens with zero attached hydrogens (tertiary/aromatic N) is 2. The van der Waals surface area contributed by atoms with Gasteiger partial charge in [-0.2, -0.15) is 0 Å². The minimum atomic E-state index is -0.249. The molecule has 0 unspecified atom stereocenters. The van der Waals surface area contributed by atoms with Gasteiger partial charge < -0.3 is 15.1 Å². The van der Waals surface area contributed by atoms with E-state index in [0.29, 0.717) is 23.9 Å². The van der Waals surface area contributed by atoms with Crippen LogP contribution in [-0.2, 0) is 13.0 Å². The van der Waals surface area contributed by atoms with Crippen LogP contribution in [-0.4, -0.2) is 15.9 Å². The van der Waals surface area contributed by atoms with E-state index in [-0.39, 0.29) is 5.91 Å². The molecule has 0 saturated heterocycles. The van der Waals surface area contributed by atoms with Crippen molar-refractivity contribution in [2.45, 2.75) is 33.7 Å².